The van der Waals surface area contributed by atoms with E-state index in [1.54, 1.807) is 23.1 Å². The van der Waals surface area contributed by atoms with Crippen LogP contribution in [0.15, 0.2) is 18.2 Å². The highest BCUT2D eigenvalue weighted by Gasteiger charge is 2.22. The van der Waals surface area contributed by atoms with Crippen LogP contribution >= 0.6 is 24.0 Å². The largest absolute Gasteiger partial charge is 0.351 e. The second kappa shape index (κ2) is 9.60. The van der Waals surface area contributed by atoms with Gasteiger partial charge in [-0.15, -0.1) is 12.4 Å². The Kier molecular flexibility index (Phi) is 8.16. The maximum absolute atomic E-state index is 12.2. The number of benzene rings is 1. The van der Waals surface area contributed by atoms with E-state index in [2.05, 4.69) is 22.9 Å². The van der Waals surface area contributed by atoms with Crippen molar-refractivity contribution in [2.24, 2.45) is 0 Å². The molecule has 1 saturated heterocycles. The molecule has 0 radical (unpaired) electrons. The van der Waals surface area contributed by atoms with Gasteiger partial charge >= 0.3 is 6.03 Å². The fourth-order valence-electron chi connectivity index (χ4n) is 2.23. The van der Waals surface area contributed by atoms with Crippen LogP contribution in [-0.4, -0.2) is 44.7 Å². The minimum absolute atomic E-state index is 0. The van der Waals surface area contributed by atoms with Gasteiger partial charge in [0.05, 0.1) is 10.6 Å². The van der Waals surface area contributed by atoms with E-state index in [0.29, 0.717) is 42.5 Å². The molecule has 0 unspecified atom stereocenters. The molecule has 128 valence electrons. The van der Waals surface area contributed by atoms with Crippen molar-refractivity contribution < 1.29 is 9.59 Å². The summed E-state index contributed by atoms with van der Waals surface area (Å²) < 4.78 is 0. The van der Waals surface area contributed by atoms with Crippen molar-refractivity contribution in [1.82, 2.24) is 16.0 Å². The minimum atomic E-state index is -0.232. The number of rotatable bonds is 7. The molecule has 1 fully saturated rings. The standard InChI is InChI=1S/C15H21ClN4O2.ClH/c1-2-5-17-6-7-18-14(21)12-10-11(3-4-13(12)16)20-9-8-19-15(20)22;/h3-4,10,17H,2,5-9H2,1H3,(H,18,21)(H,19,22);1H. The van der Waals surface area contributed by atoms with Crippen molar-refractivity contribution in [2.45, 2.75) is 13.3 Å². The van der Waals surface area contributed by atoms with Crippen molar-refractivity contribution in [3.63, 3.8) is 0 Å². The van der Waals surface area contributed by atoms with E-state index in [4.69, 9.17) is 11.6 Å². The third-order valence-corrected chi connectivity index (χ3v) is 3.71. The molecule has 8 heteroatoms. The Morgan fingerprint density at radius 1 is 1.35 bits per heavy atom. The first-order chi connectivity index (χ1) is 10.6. The predicted octanol–water partition coefficient (Wildman–Crippen LogP) is 2.02. The first kappa shape index (κ1) is 19.5. The average Bonchev–Trinajstić information content (AvgIpc) is 2.93. The maximum Gasteiger partial charge on any atom is 0.321 e. The Morgan fingerprint density at radius 3 is 2.78 bits per heavy atom. The minimum Gasteiger partial charge on any atom is -0.351 e. The van der Waals surface area contributed by atoms with E-state index in [1.165, 1.54) is 0 Å². The van der Waals surface area contributed by atoms with Crippen LogP contribution in [0.1, 0.15) is 23.7 Å². The number of hydrogen-bond donors (Lipinski definition) is 3. The normalized spacial score (nSPS) is 13.5. The summed E-state index contributed by atoms with van der Waals surface area (Å²) in [4.78, 5) is 25.5. The smallest absolute Gasteiger partial charge is 0.321 e. The van der Waals surface area contributed by atoms with Crippen LogP contribution in [0.5, 0.6) is 0 Å². The highest BCUT2D eigenvalue weighted by atomic mass is 35.5. The number of nitrogens with zero attached hydrogens (tertiary/aromatic N) is 1. The van der Waals surface area contributed by atoms with E-state index >= 15 is 0 Å². The lowest BCUT2D eigenvalue weighted by Crippen LogP contribution is -2.32. The number of halogens is 2. The molecule has 0 spiro atoms. The molecule has 3 amide bonds. The SMILES string of the molecule is CCCNCCNC(=O)c1cc(N2CCNC2=O)ccc1Cl.Cl. The van der Waals surface area contributed by atoms with Gasteiger partial charge in [0.1, 0.15) is 0 Å². The lowest BCUT2D eigenvalue weighted by atomic mass is 10.1. The number of anilines is 1. The molecule has 0 saturated carbocycles. The van der Waals surface area contributed by atoms with E-state index < -0.39 is 0 Å². The summed E-state index contributed by atoms with van der Waals surface area (Å²) in [5.41, 5.74) is 1.06. The highest BCUT2D eigenvalue weighted by Crippen LogP contribution is 2.24. The molecular weight excluding hydrogens is 339 g/mol. The molecule has 0 atom stereocenters. The Bertz CT molecular complexity index is 554. The molecule has 1 aliphatic rings. The average molecular weight is 361 g/mol. The van der Waals surface area contributed by atoms with E-state index in [1.807, 2.05) is 0 Å². The fraction of sp³-hybridized carbons (Fsp3) is 0.467. The van der Waals surface area contributed by atoms with E-state index in [-0.39, 0.29) is 24.3 Å². The summed E-state index contributed by atoms with van der Waals surface area (Å²) in [6.07, 6.45) is 1.06. The summed E-state index contributed by atoms with van der Waals surface area (Å²) in [5.74, 6) is -0.232. The quantitative estimate of drug-likeness (QED) is 0.651. The highest BCUT2D eigenvalue weighted by molar-refractivity contribution is 6.34. The molecular formula is C15H22Cl2N4O2. The van der Waals surface area contributed by atoms with Gasteiger partial charge in [-0.1, -0.05) is 18.5 Å². The van der Waals surface area contributed by atoms with E-state index in [0.717, 1.165) is 13.0 Å². The Balaban J connectivity index is 0.00000264. The molecule has 0 aromatic heterocycles. The zero-order valence-electron chi connectivity index (χ0n) is 13.0. The van der Waals surface area contributed by atoms with Gasteiger partial charge in [-0.25, -0.2) is 4.79 Å². The number of nitrogens with one attached hydrogen (secondary N) is 3. The van der Waals surface area contributed by atoms with Crippen LogP contribution in [0.4, 0.5) is 10.5 Å². The van der Waals surface area contributed by atoms with Crippen molar-refractivity contribution in [2.75, 3.05) is 37.6 Å². The summed E-state index contributed by atoms with van der Waals surface area (Å²) in [6.45, 7) is 5.45. The van der Waals surface area contributed by atoms with Crippen molar-refractivity contribution in [3.8, 4) is 0 Å². The first-order valence-electron chi connectivity index (χ1n) is 7.47. The molecule has 1 aliphatic heterocycles. The van der Waals surface area contributed by atoms with Crippen LogP contribution in [-0.2, 0) is 0 Å². The number of carbonyl (C=O) groups is 2. The molecule has 3 N–H and O–H groups in total. The van der Waals surface area contributed by atoms with Crippen LogP contribution in [0, 0.1) is 0 Å². The van der Waals surface area contributed by atoms with Gasteiger partial charge in [0, 0.05) is 31.9 Å². The molecule has 0 aliphatic carbocycles. The van der Waals surface area contributed by atoms with Crippen LogP contribution < -0.4 is 20.9 Å². The number of carbonyl (C=O) groups excluding carboxylic acids is 2. The molecule has 0 bridgehead atoms. The van der Waals surface area contributed by atoms with Gasteiger partial charge in [-0.3, -0.25) is 9.69 Å². The monoisotopic (exact) mass is 360 g/mol. The Labute approximate surface area is 147 Å². The molecule has 1 aromatic carbocycles. The second-order valence-electron chi connectivity index (χ2n) is 5.05. The van der Waals surface area contributed by atoms with Crippen LogP contribution in [0.2, 0.25) is 5.02 Å². The van der Waals surface area contributed by atoms with Crippen LogP contribution in [0.25, 0.3) is 0 Å². The molecule has 6 nitrogen and oxygen atoms in total. The van der Waals surface area contributed by atoms with Gasteiger partial charge in [0.2, 0.25) is 0 Å². The van der Waals surface area contributed by atoms with Crippen molar-refractivity contribution >= 4 is 41.6 Å². The van der Waals surface area contributed by atoms with Crippen LogP contribution in [0.3, 0.4) is 0 Å². The zero-order valence-corrected chi connectivity index (χ0v) is 14.6. The van der Waals surface area contributed by atoms with Gasteiger partial charge in [-0.05, 0) is 31.2 Å². The first-order valence-corrected chi connectivity index (χ1v) is 7.85. The van der Waals surface area contributed by atoms with Gasteiger partial charge in [-0.2, -0.15) is 0 Å². The maximum atomic E-state index is 12.2. The van der Waals surface area contributed by atoms with Crippen molar-refractivity contribution in [3.05, 3.63) is 28.8 Å². The summed E-state index contributed by atoms with van der Waals surface area (Å²) in [6, 6.07) is 4.89. The third kappa shape index (κ3) is 5.27. The molecule has 1 aromatic rings. The molecule has 1 heterocycles. The number of urea groups is 1. The summed E-state index contributed by atoms with van der Waals surface area (Å²) >= 11 is 6.10. The second-order valence-corrected chi connectivity index (χ2v) is 5.46. The van der Waals surface area contributed by atoms with Gasteiger partial charge in [0.15, 0.2) is 0 Å². The summed E-state index contributed by atoms with van der Waals surface area (Å²) in [7, 11) is 0. The van der Waals surface area contributed by atoms with Crippen molar-refractivity contribution in [1.29, 1.82) is 0 Å². The summed E-state index contributed by atoms with van der Waals surface area (Å²) in [5, 5.41) is 9.14. The fourth-order valence-corrected chi connectivity index (χ4v) is 2.44. The predicted molar refractivity (Wildman–Crippen MR) is 94.9 cm³/mol. The van der Waals surface area contributed by atoms with Gasteiger partial charge < -0.3 is 16.0 Å². The molecule has 23 heavy (non-hydrogen) atoms. The lowest BCUT2D eigenvalue weighted by molar-refractivity contribution is 0.0954. The molecule has 2 rings (SSSR count). The number of amides is 3. The Morgan fingerprint density at radius 2 is 2.13 bits per heavy atom. The lowest BCUT2D eigenvalue weighted by Gasteiger charge is -2.16. The van der Waals surface area contributed by atoms with E-state index in [9.17, 15) is 9.59 Å². The van der Waals surface area contributed by atoms with Gasteiger partial charge in [0.25, 0.3) is 5.91 Å². The Hall–Kier alpha value is -1.50. The zero-order chi connectivity index (χ0) is 15.9. The number of hydrogen-bond acceptors (Lipinski definition) is 3. The topological polar surface area (TPSA) is 73.5 Å². The third-order valence-electron chi connectivity index (χ3n) is 3.38.